The minimum absolute atomic E-state index is 0.131. The largest absolute Gasteiger partial charge is 0.383 e. The van der Waals surface area contributed by atoms with Gasteiger partial charge in [0.2, 0.25) is 5.91 Å². The molecule has 2 unspecified atom stereocenters. The summed E-state index contributed by atoms with van der Waals surface area (Å²) in [6, 6.07) is 0. The van der Waals surface area contributed by atoms with E-state index in [0.717, 1.165) is 17.7 Å². The second-order valence-electron chi connectivity index (χ2n) is 3.40. The van der Waals surface area contributed by atoms with Crippen LogP contribution in [0.5, 0.6) is 0 Å². The summed E-state index contributed by atoms with van der Waals surface area (Å²) >= 11 is 5.89. The first-order chi connectivity index (χ1) is 6.57. The second kappa shape index (κ2) is 4.75. The fraction of sp³-hybridized carbons (Fsp3) is 0.778. The van der Waals surface area contributed by atoms with Crippen LogP contribution < -0.4 is 0 Å². The van der Waals surface area contributed by atoms with E-state index >= 15 is 0 Å². The van der Waals surface area contributed by atoms with Gasteiger partial charge >= 0.3 is 0 Å². The van der Waals surface area contributed by atoms with Crippen LogP contribution in [0.4, 0.5) is 0 Å². The van der Waals surface area contributed by atoms with Gasteiger partial charge < -0.3 is 5.11 Å². The van der Waals surface area contributed by atoms with Gasteiger partial charge in [-0.2, -0.15) is 0 Å². The fourth-order valence-corrected chi connectivity index (χ4v) is 1.79. The molecule has 1 aliphatic heterocycles. The van der Waals surface area contributed by atoms with E-state index in [9.17, 15) is 9.59 Å². The van der Waals surface area contributed by atoms with E-state index in [1.54, 1.807) is 0 Å². The Hall–Kier alpha value is -0.610. The molecule has 1 aliphatic rings. The van der Waals surface area contributed by atoms with Gasteiger partial charge in [0.25, 0.3) is 5.91 Å². The Morgan fingerprint density at radius 3 is 2.71 bits per heavy atom. The molecule has 5 heteroatoms. The zero-order valence-corrected chi connectivity index (χ0v) is 8.83. The maximum Gasteiger partial charge on any atom is 0.259 e. The zero-order valence-electron chi connectivity index (χ0n) is 8.07. The molecule has 2 amide bonds. The topological polar surface area (TPSA) is 57.6 Å². The third-order valence-corrected chi connectivity index (χ3v) is 2.65. The predicted octanol–water partition coefficient (Wildman–Crippen LogP) is 0.861. The summed E-state index contributed by atoms with van der Waals surface area (Å²) in [6.45, 7) is 2.01. The molecule has 1 N–H and O–H groups in total. The van der Waals surface area contributed by atoms with Crippen molar-refractivity contribution in [3.8, 4) is 0 Å². The standard InChI is InChI=1S/C9H14ClNO3/c1-2-3-4-7(10)11-8(13)5-6(12)9(11)14/h6-7,12H,2-5H2,1H3. The number of aliphatic hydroxyl groups excluding tert-OH is 1. The van der Waals surface area contributed by atoms with Gasteiger partial charge in [0.15, 0.2) is 0 Å². The number of rotatable bonds is 4. The van der Waals surface area contributed by atoms with Gasteiger partial charge in [-0.1, -0.05) is 31.4 Å². The molecule has 0 aromatic heterocycles. The lowest BCUT2D eigenvalue weighted by Crippen LogP contribution is -2.38. The average molecular weight is 220 g/mol. The third kappa shape index (κ3) is 2.25. The number of aliphatic hydroxyl groups is 1. The number of unbranched alkanes of at least 4 members (excludes halogenated alkanes) is 1. The Morgan fingerprint density at radius 2 is 2.29 bits per heavy atom. The zero-order chi connectivity index (χ0) is 10.7. The summed E-state index contributed by atoms with van der Waals surface area (Å²) in [4.78, 5) is 23.5. The lowest BCUT2D eigenvalue weighted by Gasteiger charge is -2.19. The maximum absolute atomic E-state index is 11.3. The van der Waals surface area contributed by atoms with E-state index in [0.29, 0.717) is 6.42 Å². The molecule has 4 nitrogen and oxygen atoms in total. The highest BCUT2D eigenvalue weighted by Gasteiger charge is 2.40. The number of nitrogens with zero attached hydrogens (tertiary/aromatic N) is 1. The van der Waals surface area contributed by atoms with E-state index in [1.165, 1.54) is 0 Å². The van der Waals surface area contributed by atoms with E-state index in [1.807, 2.05) is 6.92 Å². The van der Waals surface area contributed by atoms with Crippen molar-refractivity contribution in [3.63, 3.8) is 0 Å². The van der Waals surface area contributed by atoms with Crippen LogP contribution in [0.3, 0.4) is 0 Å². The predicted molar refractivity (Wildman–Crippen MR) is 51.6 cm³/mol. The third-order valence-electron chi connectivity index (χ3n) is 2.24. The average Bonchev–Trinajstić information content (AvgIpc) is 2.38. The van der Waals surface area contributed by atoms with Gasteiger partial charge in [-0.25, -0.2) is 0 Å². The summed E-state index contributed by atoms with van der Waals surface area (Å²) in [6.07, 6.45) is 1.09. The molecule has 0 spiro atoms. The van der Waals surface area contributed by atoms with Crippen molar-refractivity contribution in [2.24, 2.45) is 0 Å². The van der Waals surface area contributed by atoms with Gasteiger partial charge in [0, 0.05) is 0 Å². The number of imide groups is 1. The number of amides is 2. The van der Waals surface area contributed by atoms with Crippen LogP contribution in [0.1, 0.15) is 32.6 Å². The molecule has 1 heterocycles. The number of hydrogen-bond donors (Lipinski definition) is 1. The van der Waals surface area contributed by atoms with Crippen molar-refractivity contribution >= 4 is 23.4 Å². The summed E-state index contributed by atoms with van der Waals surface area (Å²) in [5, 5.41) is 9.14. The first-order valence-corrected chi connectivity index (χ1v) is 5.19. The van der Waals surface area contributed by atoms with E-state index < -0.39 is 17.5 Å². The van der Waals surface area contributed by atoms with Gasteiger partial charge in [-0.15, -0.1) is 0 Å². The highest BCUT2D eigenvalue weighted by Crippen LogP contribution is 2.21. The first-order valence-electron chi connectivity index (χ1n) is 4.76. The van der Waals surface area contributed by atoms with Crippen LogP contribution in [-0.4, -0.2) is 33.4 Å². The maximum atomic E-state index is 11.3. The Morgan fingerprint density at radius 1 is 1.64 bits per heavy atom. The molecule has 2 atom stereocenters. The molecule has 0 saturated carbocycles. The Labute approximate surface area is 87.8 Å². The first kappa shape index (κ1) is 11.5. The van der Waals surface area contributed by atoms with Crippen LogP contribution in [0, 0.1) is 0 Å². The Kier molecular flexibility index (Phi) is 3.89. The minimum Gasteiger partial charge on any atom is -0.383 e. The molecule has 80 valence electrons. The van der Waals surface area contributed by atoms with Crippen LogP contribution in [-0.2, 0) is 9.59 Å². The van der Waals surface area contributed by atoms with Gasteiger partial charge in [0.05, 0.1) is 6.42 Å². The Balaban J connectivity index is 2.58. The smallest absolute Gasteiger partial charge is 0.259 e. The number of likely N-dealkylation sites (tertiary alicyclic amines) is 1. The minimum atomic E-state index is -1.19. The van der Waals surface area contributed by atoms with Crippen molar-refractivity contribution in [1.82, 2.24) is 4.90 Å². The number of alkyl halides is 1. The molecule has 0 aliphatic carbocycles. The monoisotopic (exact) mass is 219 g/mol. The molecule has 1 fully saturated rings. The summed E-state index contributed by atoms with van der Waals surface area (Å²) in [5.41, 5.74) is -0.605. The Bertz CT molecular complexity index is 244. The summed E-state index contributed by atoms with van der Waals surface area (Å²) in [7, 11) is 0. The quantitative estimate of drug-likeness (QED) is 0.434. The number of carbonyl (C=O) groups is 2. The van der Waals surface area contributed by atoms with Gasteiger partial charge in [-0.05, 0) is 6.42 Å². The van der Waals surface area contributed by atoms with Crippen molar-refractivity contribution in [1.29, 1.82) is 0 Å². The van der Waals surface area contributed by atoms with Gasteiger partial charge in [-0.3, -0.25) is 14.5 Å². The van der Waals surface area contributed by atoms with Crippen LogP contribution >= 0.6 is 11.6 Å². The fourth-order valence-electron chi connectivity index (χ4n) is 1.43. The molecule has 1 rings (SSSR count). The van der Waals surface area contributed by atoms with Crippen molar-refractivity contribution in [3.05, 3.63) is 0 Å². The number of halogens is 1. The highest BCUT2D eigenvalue weighted by atomic mass is 35.5. The molecule has 0 aromatic rings. The molecular formula is C9H14ClNO3. The van der Waals surface area contributed by atoms with Crippen molar-refractivity contribution in [2.75, 3.05) is 0 Å². The van der Waals surface area contributed by atoms with Crippen LogP contribution in [0.25, 0.3) is 0 Å². The summed E-state index contributed by atoms with van der Waals surface area (Å²) < 4.78 is 0. The molecule has 0 radical (unpaired) electrons. The molecule has 1 saturated heterocycles. The number of carbonyl (C=O) groups excluding carboxylic acids is 2. The van der Waals surface area contributed by atoms with E-state index in [-0.39, 0.29) is 12.3 Å². The molecule has 14 heavy (non-hydrogen) atoms. The van der Waals surface area contributed by atoms with Crippen molar-refractivity contribution < 1.29 is 14.7 Å². The highest BCUT2D eigenvalue weighted by molar-refractivity contribution is 6.24. The molecule has 0 bridgehead atoms. The van der Waals surface area contributed by atoms with Crippen LogP contribution in [0.2, 0.25) is 0 Å². The lowest BCUT2D eigenvalue weighted by atomic mass is 10.2. The molecule has 0 aromatic carbocycles. The lowest BCUT2D eigenvalue weighted by molar-refractivity contribution is -0.141. The van der Waals surface area contributed by atoms with Crippen LogP contribution in [0.15, 0.2) is 0 Å². The van der Waals surface area contributed by atoms with E-state index in [2.05, 4.69) is 0 Å². The van der Waals surface area contributed by atoms with E-state index in [4.69, 9.17) is 16.7 Å². The number of hydrogen-bond acceptors (Lipinski definition) is 3. The molecular weight excluding hydrogens is 206 g/mol. The van der Waals surface area contributed by atoms with Gasteiger partial charge in [0.1, 0.15) is 11.6 Å². The normalized spacial score (nSPS) is 24.5. The summed E-state index contributed by atoms with van der Waals surface area (Å²) in [5.74, 6) is -0.940. The SMILES string of the molecule is CCCCC(Cl)N1C(=O)CC(O)C1=O. The van der Waals surface area contributed by atoms with Crippen molar-refractivity contribution in [2.45, 2.75) is 44.2 Å². The second-order valence-corrected chi connectivity index (χ2v) is 3.90.